The summed E-state index contributed by atoms with van der Waals surface area (Å²) in [5, 5.41) is 0. The Morgan fingerprint density at radius 3 is 1.87 bits per heavy atom. The second kappa shape index (κ2) is 10.7. The van der Waals surface area contributed by atoms with Crippen LogP contribution in [0.15, 0.2) is 48.0 Å². The lowest BCUT2D eigenvalue weighted by molar-refractivity contribution is -0.137. The van der Waals surface area contributed by atoms with E-state index in [2.05, 4.69) is 0 Å². The van der Waals surface area contributed by atoms with Crippen LogP contribution < -0.4 is 23.7 Å². The highest BCUT2D eigenvalue weighted by Gasteiger charge is 2.41. The summed E-state index contributed by atoms with van der Waals surface area (Å²) < 4.78 is 66.8. The average Bonchev–Trinajstić information content (AvgIpc) is 3.21. The van der Waals surface area contributed by atoms with E-state index >= 15 is 0 Å². The number of benzene rings is 3. The number of aldehydes is 1. The first kappa shape index (κ1) is 27.6. The van der Waals surface area contributed by atoms with Crippen molar-refractivity contribution in [3.63, 3.8) is 0 Å². The Labute approximate surface area is 222 Å². The minimum atomic E-state index is -4.50. The first-order chi connectivity index (χ1) is 18.6. The van der Waals surface area contributed by atoms with E-state index in [1.807, 2.05) is 0 Å². The van der Waals surface area contributed by atoms with Crippen LogP contribution in [-0.2, 0) is 6.18 Å². The van der Waals surface area contributed by atoms with E-state index in [0.29, 0.717) is 23.0 Å². The number of hydrogen-bond donors (Lipinski definition) is 0. The molecule has 0 bridgehead atoms. The Morgan fingerprint density at radius 1 is 0.769 bits per heavy atom. The molecule has 0 heterocycles. The summed E-state index contributed by atoms with van der Waals surface area (Å²) in [5.74, 6) is 0.0306. The van der Waals surface area contributed by atoms with Gasteiger partial charge < -0.3 is 23.7 Å². The van der Waals surface area contributed by atoms with Gasteiger partial charge in [0, 0.05) is 22.6 Å². The van der Waals surface area contributed by atoms with Crippen LogP contribution in [0, 0.1) is 0 Å². The molecule has 10 heteroatoms. The molecule has 0 saturated heterocycles. The third kappa shape index (κ3) is 4.78. The molecule has 3 aromatic carbocycles. The summed E-state index contributed by atoms with van der Waals surface area (Å²) >= 11 is 0. The topological polar surface area (TPSA) is 80.3 Å². The second-order valence-electron chi connectivity index (χ2n) is 8.55. The first-order valence-corrected chi connectivity index (χ1v) is 11.6. The normalized spacial score (nSPS) is 15.6. The molecule has 1 aliphatic carbocycles. The minimum Gasteiger partial charge on any atom is -0.493 e. The van der Waals surface area contributed by atoms with Crippen LogP contribution in [0.4, 0.5) is 13.2 Å². The van der Waals surface area contributed by atoms with Crippen molar-refractivity contribution >= 4 is 18.1 Å². The minimum absolute atomic E-state index is 0.182. The van der Waals surface area contributed by atoms with Crippen molar-refractivity contribution in [2.45, 2.75) is 12.1 Å². The van der Waals surface area contributed by atoms with Crippen molar-refractivity contribution in [2.75, 3.05) is 35.5 Å². The summed E-state index contributed by atoms with van der Waals surface area (Å²) in [7, 11) is 7.08. The van der Waals surface area contributed by atoms with Crippen molar-refractivity contribution in [3.05, 3.63) is 81.4 Å². The molecular weight excluding hydrogens is 517 g/mol. The van der Waals surface area contributed by atoms with Crippen LogP contribution >= 0.6 is 0 Å². The van der Waals surface area contributed by atoms with Gasteiger partial charge in [-0.1, -0.05) is 12.1 Å². The largest absolute Gasteiger partial charge is 0.493 e. The molecule has 0 saturated carbocycles. The van der Waals surface area contributed by atoms with Gasteiger partial charge in [-0.15, -0.1) is 0 Å². The highest BCUT2D eigenvalue weighted by atomic mass is 19.4. The molecule has 7 nitrogen and oxygen atoms in total. The molecule has 0 N–H and O–H groups in total. The van der Waals surface area contributed by atoms with Crippen molar-refractivity contribution in [1.82, 2.24) is 0 Å². The Bertz CT molecular complexity index is 1460. The van der Waals surface area contributed by atoms with Gasteiger partial charge in [0.15, 0.2) is 35.1 Å². The zero-order valence-electron chi connectivity index (χ0n) is 21.8. The van der Waals surface area contributed by atoms with E-state index in [1.165, 1.54) is 59.8 Å². The van der Waals surface area contributed by atoms with Gasteiger partial charge in [-0.2, -0.15) is 13.2 Å². The fraction of sp³-hybridized carbons (Fsp3) is 0.241. The number of Topliss-reactive ketones (excluding diaryl/α,β-unsaturated/α-hetero) is 1. The number of rotatable bonds is 8. The third-order valence-corrected chi connectivity index (χ3v) is 6.53. The zero-order chi connectivity index (χ0) is 28.5. The molecule has 0 amide bonds. The first-order valence-electron chi connectivity index (χ1n) is 11.6. The molecule has 1 atom stereocenters. The molecule has 1 unspecified atom stereocenters. The van der Waals surface area contributed by atoms with E-state index in [1.54, 1.807) is 12.1 Å². The number of methoxy groups -OCH3 is 5. The Kier molecular flexibility index (Phi) is 7.58. The molecule has 0 fully saturated rings. The molecular formula is C29H25F3O7. The number of ether oxygens (including phenoxy) is 5. The number of ketones is 1. The quantitative estimate of drug-likeness (QED) is 0.256. The fourth-order valence-electron chi connectivity index (χ4n) is 4.81. The predicted molar refractivity (Wildman–Crippen MR) is 137 cm³/mol. The number of carbonyl (C=O) groups excluding carboxylic acids is 2. The fourth-order valence-corrected chi connectivity index (χ4v) is 4.81. The number of fused-ring (bicyclic) bond motifs is 1. The second-order valence-corrected chi connectivity index (χ2v) is 8.55. The highest BCUT2D eigenvalue weighted by molar-refractivity contribution is 6.18. The maximum absolute atomic E-state index is 13.9. The molecule has 3 aromatic rings. The molecule has 4 rings (SSSR count). The molecule has 39 heavy (non-hydrogen) atoms. The van der Waals surface area contributed by atoms with Crippen LogP contribution in [0.1, 0.15) is 48.9 Å². The van der Waals surface area contributed by atoms with Crippen molar-refractivity contribution in [3.8, 4) is 28.7 Å². The Hall–Kier alpha value is -4.47. The van der Waals surface area contributed by atoms with Gasteiger partial charge in [-0.05, 0) is 47.5 Å². The molecule has 0 aliphatic heterocycles. The maximum atomic E-state index is 13.9. The molecule has 0 spiro atoms. The monoisotopic (exact) mass is 542 g/mol. The van der Waals surface area contributed by atoms with Gasteiger partial charge >= 0.3 is 6.18 Å². The van der Waals surface area contributed by atoms with Gasteiger partial charge in [0.25, 0.3) is 0 Å². The van der Waals surface area contributed by atoms with E-state index in [-0.39, 0.29) is 45.4 Å². The Balaban J connectivity index is 2.03. The molecule has 1 aliphatic rings. The van der Waals surface area contributed by atoms with Gasteiger partial charge in [0.2, 0.25) is 5.75 Å². The number of allylic oxidation sites excluding steroid dienone is 1. The van der Waals surface area contributed by atoms with Gasteiger partial charge in [0.05, 0.1) is 46.7 Å². The van der Waals surface area contributed by atoms with Crippen LogP contribution in [0.5, 0.6) is 28.7 Å². The molecule has 0 aromatic heterocycles. The summed E-state index contributed by atoms with van der Waals surface area (Å²) in [6.45, 7) is 0. The average molecular weight is 543 g/mol. The van der Waals surface area contributed by atoms with Gasteiger partial charge in [0.1, 0.15) is 0 Å². The number of carbonyl (C=O) groups is 2. The number of halogens is 3. The van der Waals surface area contributed by atoms with Crippen LogP contribution in [0.25, 0.3) is 6.08 Å². The SMILES string of the molecule is COc1cc(C2/C(=C/c3ccc(C(F)(F)F)cc3)C(=O)c3cc(OC)c(OC)c(OC)c32)cc(C=O)c1OC. The standard InChI is InChI=1S/C29H25F3O7/c1-35-21-12-16(11-17(14-33)26(21)37-3)23-19(10-15-6-8-18(9-7-15)29(30,31)32)25(34)20-13-22(36-2)27(38-4)28(39-5)24(20)23/h6-14,23H,1-5H3/b19-10-. The van der Waals surface area contributed by atoms with Crippen LogP contribution in [0.2, 0.25) is 0 Å². The van der Waals surface area contributed by atoms with Crippen LogP contribution in [0.3, 0.4) is 0 Å². The van der Waals surface area contributed by atoms with Crippen molar-refractivity contribution in [1.29, 1.82) is 0 Å². The lowest BCUT2D eigenvalue weighted by Crippen LogP contribution is -2.07. The van der Waals surface area contributed by atoms with E-state index in [4.69, 9.17) is 23.7 Å². The summed E-state index contributed by atoms with van der Waals surface area (Å²) in [6, 6.07) is 9.19. The van der Waals surface area contributed by atoms with E-state index < -0.39 is 23.4 Å². The van der Waals surface area contributed by atoms with Crippen LogP contribution in [-0.4, -0.2) is 47.6 Å². The molecule has 0 radical (unpaired) electrons. The molecule has 204 valence electrons. The van der Waals surface area contributed by atoms with Crippen molar-refractivity contribution in [2.24, 2.45) is 0 Å². The summed E-state index contributed by atoms with van der Waals surface area (Å²) in [4.78, 5) is 25.8. The third-order valence-electron chi connectivity index (χ3n) is 6.53. The smallest absolute Gasteiger partial charge is 0.416 e. The van der Waals surface area contributed by atoms with Gasteiger partial charge in [-0.3, -0.25) is 9.59 Å². The number of alkyl halides is 3. The lowest BCUT2D eigenvalue weighted by Gasteiger charge is -2.21. The van der Waals surface area contributed by atoms with Gasteiger partial charge in [-0.25, -0.2) is 0 Å². The summed E-state index contributed by atoms with van der Waals surface area (Å²) in [6.07, 6.45) is -2.38. The lowest BCUT2D eigenvalue weighted by atomic mass is 9.86. The van der Waals surface area contributed by atoms with E-state index in [9.17, 15) is 22.8 Å². The number of hydrogen-bond acceptors (Lipinski definition) is 7. The Morgan fingerprint density at radius 2 is 1.36 bits per heavy atom. The summed E-state index contributed by atoms with van der Waals surface area (Å²) in [5.41, 5.74) is 1.18. The highest BCUT2D eigenvalue weighted by Crippen LogP contribution is 2.54. The predicted octanol–water partition coefficient (Wildman–Crippen LogP) is 5.97. The zero-order valence-corrected chi connectivity index (χ0v) is 21.8. The van der Waals surface area contributed by atoms with E-state index in [0.717, 1.165) is 12.1 Å². The maximum Gasteiger partial charge on any atom is 0.416 e. The van der Waals surface area contributed by atoms with Crippen molar-refractivity contribution < 1.29 is 46.4 Å².